The third kappa shape index (κ3) is 2.39. The number of carbonyl (C=O) groups is 3. The quantitative estimate of drug-likeness (QED) is 0.591. The van der Waals surface area contributed by atoms with Crippen molar-refractivity contribution in [1.82, 2.24) is 5.32 Å². The summed E-state index contributed by atoms with van der Waals surface area (Å²) in [5.74, 6) is -4.05. The number of nitrogens with two attached hydrogens (primary N) is 1. The van der Waals surface area contributed by atoms with Gasteiger partial charge in [0.2, 0.25) is 0 Å². The Morgan fingerprint density at radius 1 is 1.25 bits per heavy atom. The molecule has 1 aromatic rings. The molecule has 0 radical (unpaired) electrons. The molecule has 0 aromatic heterocycles. The Morgan fingerprint density at radius 3 is 2.38 bits per heavy atom. The summed E-state index contributed by atoms with van der Waals surface area (Å²) in [5.41, 5.74) is 4.69. The first-order chi connectivity index (χ1) is 11.3. The predicted molar refractivity (Wildman–Crippen MR) is 81.5 cm³/mol. The minimum atomic E-state index is -1.62. The van der Waals surface area contributed by atoms with E-state index in [0.29, 0.717) is 11.3 Å². The van der Waals surface area contributed by atoms with Gasteiger partial charge in [-0.25, -0.2) is 0 Å². The van der Waals surface area contributed by atoms with Crippen LogP contribution in [0.4, 0.5) is 0 Å². The van der Waals surface area contributed by atoms with Gasteiger partial charge in [-0.3, -0.25) is 14.4 Å². The highest BCUT2D eigenvalue weighted by atomic mass is 16.5. The number of rotatable bonds is 5. The maximum Gasteiger partial charge on any atom is 0.324 e. The third-order valence-electron chi connectivity index (χ3n) is 5.04. The van der Waals surface area contributed by atoms with Gasteiger partial charge in [-0.1, -0.05) is 0 Å². The lowest BCUT2D eigenvalue weighted by molar-refractivity contribution is -0.145. The summed E-state index contributed by atoms with van der Waals surface area (Å²) in [6, 6.07) is 5.85. The molecule has 0 aliphatic heterocycles. The molecule has 1 amide bonds. The second-order valence-corrected chi connectivity index (χ2v) is 6.33. The number of ether oxygens (including phenoxy) is 1. The number of carboxylic acid groups (broad SMARTS) is 2. The maximum atomic E-state index is 12.3. The average Bonchev–Trinajstić information content (AvgIpc) is 3.24. The lowest BCUT2D eigenvalue weighted by Crippen LogP contribution is -2.52. The molecule has 2 aliphatic rings. The van der Waals surface area contributed by atoms with Crippen LogP contribution in [0.5, 0.6) is 5.75 Å². The van der Waals surface area contributed by atoms with E-state index in [1.807, 2.05) is 0 Å². The van der Waals surface area contributed by atoms with Gasteiger partial charge < -0.3 is 26.0 Å². The van der Waals surface area contributed by atoms with E-state index in [1.165, 1.54) is 7.11 Å². The van der Waals surface area contributed by atoms with Crippen molar-refractivity contribution in [2.75, 3.05) is 7.11 Å². The SMILES string of the molecule is COc1ccc(C(=O)N[C@H]2C[C@@](N)(C(=O)O)[C@@H]3[C@@H](C(=O)O)[C@@H]32)cc1. The number of nitrogens with one attached hydrogen (secondary N) is 1. The zero-order valence-corrected chi connectivity index (χ0v) is 12.9. The Kier molecular flexibility index (Phi) is 3.71. The number of methoxy groups -OCH3 is 1. The number of carbonyl (C=O) groups excluding carboxylic acids is 1. The summed E-state index contributed by atoms with van der Waals surface area (Å²) in [6.07, 6.45) is 0.0172. The van der Waals surface area contributed by atoms with Crippen LogP contribution in [-0.4, -0.2) is 46.7 Å². The Hall–Kier alpha value is -2.61. The first-order valence-corrected chi connectivity index (χ1v) is 7.49. The van der Waals surface area contributed by atoms with Crippen molar-refractivity contribution in [2.24, 2.45) is 23.5 Å². The van der Waals surface area contributed by atoms with E-state index in [2.05, 4.69) is 5.32 Å². The van der Waals surface area contributed by atoms with Gasteiger partial charge in [0.15, 0.2) is 0 Å². The van der Waals surface area contributed by atoms with E-state index in [-0.39, 0.29) is 6.42 Å². The average molecular weight is 334 g/mol. The maximum absolute atomic E-state index is 12.3. The molecular formula is C16H18N2O6. The Bertz CT molecular complexity index is 703. The molecule has 0 spiro atoms. The third-order valence-corrected chi connectivity index (χ3v) is 5.04. The lowest BCUT2D eigenvalue weighted by atomic mass is 9.90. The van der Waals surface area contributed by atoms with Crippen molar-refractivity contribution in [3.63, 3.8) is 0 Å². The van der Waals surface area contributed by atoms with Crippen molar-refractivity contribution in [2.45, 2.75) is 18.0 Å². The second kappa shape index (κ2) is 5.48. The molecule has 8 nitrogen and oxygen atoms in total. The summed E-state index contributed by atoms with van der Waals surface area (Å²) >= 11 is 0. The van der Waals surface area contributed by atoms with Crippen LogP contribution in [0.25, 0.3) is 0 Å². The van der Waals surface area contributed by atoms with Crippen molar-refractivity contribution < 1.29 is 29.3 Å². The fourth-order valence-electron chi connectivity index (χ4n) is 3.82. The second-order valence-electron chi connectivity index (χ2n) is 6.33. The number of hydrogen-bond donors (Lipinski definition) is 4. The predicted octanol–water partition coefficient (Wildman–Crippen LogP) is -0.0738. The first kappa shape index (κ1) is 16.3. The highest BCUT2D eigenvalue weighted by Gasteiger charge is 2.74. The molecule has 3 rings (SSSR count). The van der Waals surface area contributed by atoms with E-state index in [9.17, 15) is 24.6 Å². The molecule has 0 unspecified atom stereocenters. The molecule has 0 heterocycles. The van der Waals surface area contributed by atoms with E-state index in [1.54, 1.807) is 24.3 Å². The van der Waals surface area contributed by atoms with Gasteiger partial charge in [0, 0.05) is 17.5 Å². The van der Waals surface area contributed by atoms with Crippen LogP contribution in [0.1, 0.15) is 16.8 Å². The Morgan fingerprint density at radius 2 is 1.88 bits per heavy atom. The first-order valence-electron chi connectivity index (χ1n) is 7.49. The molecule has 5 atom stereocenters. The van der Waals surface area contributed by atoms with E-state index in [0.717, 1.165) is 0 Å². The van der Waals surface area contributed by atoms with Gasteiger partial charge in [0.1, 0.15) is 11.3 Å². The molecule has 128 valence electrons. The number of fused-ring (bicyclic) bond motifs is 1. The van der Waals surface area contributed by atoms with Crippen LogP contribution in [0.3, 0.4) is 0 Å². The van der Waals surface area contributed by atoms with Gasteiger partial charge in [-0.15, -0.1) is 0 Å². The van der Waals surface area contributed by atoms with Crippen molar-refractivity contribution >= 4 is 17.8 Å². The number of carboxylic acids is 2. The Balaban J connectivity index is 1.76. The van der Waals surface area contributed by atoms with Crippen LogP contribution >= 0.6 is 0 Å². The summed E-state index contributed by atoms with van der Waals surface area (Å²) in [5, 5.41) is 21.3. The topological polar surface area (TPSA) is 139 Å². The summed E-state index contributed by atoms with van der Waals surface area (Å²) in [7, 11) is 1.51. The Labute approximate surface area is 137 Å². The molecule has 2 fully saturated rings. The number of hydrogen-bond acceptors (Lipinski definition) is 5. The van der Waals surface area contributed by atoms with Crippen molar-refractivity contribution in [3.8, 4) is 5.75 Å². The van der Waals surface area contributed by atoms with E-state index >= 15 is 0 Å². The van der Waals surface area contributed by atoms with Crippen LogP contribution in [0.2, 0.25) is 0 Å². The van der Waals surface area contributed by atoms with Crippen LogP contribution in [-0.2, 0) is 9.59 Å². The molecule has 2 aliphatic carbocycles. The molecule has 5 N–H and O–H groups in total. The van der Waals surface area contributed by atoms with Crippen LogP contribution in [0, 0.1) is 17.8 Å². The number of amides is 1. The fraction of sp³-hybridized carbons (Fsp3) is 0.438. The lowest BCUT2D eigenvalue weighted by Gasteiger charge is -2.25. The minimum Gasteiger partial charge on any atom is -0.497 e. The molecule has 24 heavy (non-hydrogen) atoms. The minimum absolute atomic E-state index is 0.0172. The van der Waals surface area contributed by atoms with Gasteiger partial charge in [0.25, 0.3) is 5.91 Å². The highest BCUT2D eigenvalue weighted by Crippen LogP contribution is 2.61. The standard InChI is InChI=1S/C16H18N2O6/c1-24-8-4-2-7(3-5-8)13(19)18-9-6-16(17,15(22)23)12-10(9)11(12)14(20)21/h2-5,9-12H,6,17H2,1H3,(H,18,19)(H,20,21)(H,22,23)/t9-,10-,11-,12-,16-/m0/s1. The van der Waals surface area contributed by atoms with E-state index in [4.69, 9.17) is 10.5 Å². The van der Waals surface area contributed by atoms with E-state index < -0.39 is 47.2 Å². The number of aliphatic carboxylic acids is 2. The van der Waals surface area contributed by atoms with Gasteiger partial charge >= 0.3 is 11.9 Å². The normalized spacial score (nSPS) is 33.4. The van der Waals surface area contributed by atoms with Crippen molar-refractivity contribution in [1.29, 1.82) is 0 Å². The molecule has 1 aromatic carbocycles. The summed E-state index contributed by atoms with van der Waals surface area (Å²) in [4.78, 5) is 35.1. The number of benzene rings is 1. The highest BCUT2D eigenvalue weighted by molar-refractivity contribution is 5.95. The van der Waals surface area contributed by atoms with Crippen LogP contribution < -0.4 is 15.8 Å². The van der Waals surface area contributed by atoms with Crippen molar-refractivity contribution in [3.05, 3.63) is 29.8 Å². The zero-order chi connectivity index (χ0) is 17.6. The molecule has 0 saturated heterocycles. The fourth-order valence-corrected chi connectivity index (χ4v) is 3.82. The van der Waals surface area contributed by atoms with Crippen LogP contribution in [0.15, 0.2) is 24.3 Å². The molecular weight excluding hydrogens is 316 g/mol. The zero-order valence-electron chi connectivity index (χ0n) is 12.9. The smallest absolute Gasteiger partial charge is 0.324 e. The van der Waals surface area contributed by atoms with Gasteiger partial charge in [-0.05, 0) is 36.6 Å². The van der Waals surface area contributed by atoms with Gasteiger partial charge in [-0.2, -0.15) is 0 Å². The molecule has 0 bridgehead atoms. The molecule has 8 heteroatoms. The largest absolute Gasteiger partial charge is 0.497 e. The summed E-state index contributed by atoms with van der Waals surface area (Å²) < 4.78 is 5.02. The molecule has 2 saturated carbocycles. The van der Waals surface area contributed by atoms with Gasteiger partial charge in [0.05, 0.1) is 13.0 Å². The monoisotopic (exact) mass is 334 g/mol. The summed E-state index contributed by atoms with van der Waals surface area (Å²) in [6.45, 7) is 0.